The molecule has 25 heavy (non-hydrogen) atoms. The SMILES string of the molecule is Cc1ccc(C[C@@H](C#N)Sc2nc(C)c(C)n2C[C@@H]2CCCO2)cc1. The van der Waals surface area contributed by atoms with E-state index in [0.717, 1.165) is 43.3 Å². The number of rotatable bonds is 6. The van der Waals surface area contributed by atoms with Crippen molar-refractivity contribution in [3.63, 3.8) is 0 Å². The molecule has 0 N–H and O–H groups in total. The average molecular weight is 356 g/mol. The summed E-state index contributed by atoms with van der Waals surface area (Å²) in [6.07, 6.45) is 3.23. The minimum absolute atomic E-state index is 0.146. The monoisotopic (exact) mass is 355 g/mol. The smallest absolute Gasteiger partial charge is 0.169 e. The van der Waals surface area contributed by atoms with Crippen molar-refractivity contribution in [2.24, 2.45) is 0 Å². The molecule has 0 spiro atoms. The number of aryl methyl sites for hydroxylation is 2. The van der Waals surface area contributed by atoms with Crippen molar-refractivity contribution in [3.05, 3.63) is 46.8 Å². The molecular formula is C20H25N3OS. The van der Waals surface area contributed by atoms with Gasteiger partial charge in [-0.05, 0) is 45.6 Å². The molecule has 1 aliphatic rings. The average Bonchev–Trinajstić information content (AvgIpc) is 3.20. The lowest BCUT2D eigenvalue weighted by atomic mass is 10.1. The van der Waals surface area contributed by atoms with Crippen molar-refractivity contribution in [2.75, 3.05) is 6.61 Å². The van der Waals surface area contributed by atoms with E-state index in [0.29, 0.717) is 0 Å². The fraction of sp³-hybridized carbons (Fsp3) is 0.500. The van der Waals surface area contributed by atoms with E-state index in [2.05, 4.69) is 48.7 Å². The van der Waals surface area contributed by atoms with Gasteiger partial charge in [-0.15, -0.1) is 0 Å². The molecule has 0 saturated carbocycles. The van der Waals surface area contributed by atoms with Crippen LogP contribution < -0.4 is 0 Å². The zero-order chi connectivity index (χ0) is 17.8. The van der Waals surface area contributed by atoms with Crippen molar-refractivity contribution in [1.82, 2.24) is 9.55 Å². The molecule has 4 nitrogen and oxygen atoms in total. The van der Waals surface area contributed by atoms with Gasteiger partial charge in [0.2, 0.25) is 0 Å². The van der Waals surface area contributed by atoms with Gasteiger partial charge in [0.1, 0.15) is 5.25 Å². The summed E-state index contributed by atoms with van der Waals surface area (Å²) in [5.74, 6) is 0. The van der Waals surface area contributed by atoms with Crippen LogP contribution in [0.2, 0.25) is 0 Å². The second kappa shape index (κ2) is 8.07. The normalized spacial score (nSPS) is 18.2. The van der Waals surface area contributed by atoms with Crippen LogP contribution in [0.1, 0.15) is 35.4 Å². The highest BCUT2D eigenvalue weighted by molar-refractivity contribution is 8.00. The first-order chi connectivity index (χ1) is 12.1. The first-order valence-electron chi connectivity index (χ1n) is 8.84. The number of ether oxygens (including phenoxy) is 1. The number of thioether (sulfide) groups is 1. The first-order valence-corrected chi connectivity index (χ1v) is 9.72. The Morgan fingerprint density at radius 1 is 1.32 bits per heavy atom. The maximum Gasteiger partial charge on any atom is 0.169 e. The standard InChI is InChI=1S/C20H25N3OS/c1-14-6-8-17(9-7-14)11-19(12-21)25-20-22-15(2)16(3)23(20)13-18-5-4-10-24-18/h6-9,18-19H,4-5,10-11,13H2,1-3H3/t18-,19-/m0/s1. The van der Waals surface area contributed by atoms with Crippen LogP contribution in [0.25, 0.3) is 0 Å². The van der Waals surface area contributed by atoms with E-state index < -0.39 is 0 Å². The van der Waals surface area contributed by atoms with Crippen LogP contribution in [-0.2, 0) is 17.7 Å². The van der Waals surface area contributed by atoms with E-state index in [1.54, 1.807) is 11.8 Å². The molecule has 0 radical (unpaired) electrons. The highest BCUT2D eigenvalue weighted by atomic mass is 32.2. The molecule has 0 unspecified atom stereocenters. The van der Waals surface area contributed by atoms with Crippen LogP contribution in [-0.4, -0.2) is 27.5 Å². The lowest BCUT2D eigenvalue weighted by Crippen LogP contribution is -2.17. The maximum atomic E-state index is 9.62. The molecule has 1 aliphatic heterocycles. The molecule has 3 rings (SSSR count). The molecule has 1 aromatic heterocycles. The quantitative estimate of drug-likeness (QED) is 0.728. The molecular weight excluding hydrogens is 330 g/mol. The Labute approximate surface area is 154 Å². The molecule has 0 bridgehead atoms. The van der Waals surface area contributed by atoms with Gasteiger partial charge in [0.25, 0.3) is 0 Å². The number of nitrogens with zero attached hydrogens (tertiary/aromatic N) is 3. The minimum Gasteiger partial charge on any atom is -0.376 e. The predicted molar refractivity (Wildman–Crippen MR) is 101 cm³/mol. The van der Waals surface area contributed by atoms with Crippen molar-refractivity contribution in [3.8, 4) is 6.07 Å². The number of hydrogen-bond acceptors (Lipinski definition) is 4. The molecule has 0 amide bonds. The molecule has 0 aliphatic carbocycles. The van der Waals surface area contributed by atoms with Gasteiger partial charge in [0.15, 0.2) is 5.16 Å². The molecule has 2 atom stereocenters. The Morgan fingerprint density at radius 2 is 2.08 bits per heavy atom. The summed E-state index contributed by atoms with van der Waals surface area (Å²) < 4.78 is 8.02. The van der Waals surface area contributed by atoms with Crippen LogP contribution >= 0.6 is 11.8 Å². The second-order valence-corrected chi connectivity index (χ2v) is 7.91. The summed E-state index contributed by atoms with van der Waals surface area (Å²) in [4.78, 5) is 4.71. The van der Waals surface area contributed by atoms with E-state index in [-0.39, 0.29) is 11.4 Å². The molecule has 1 saturated heterocycles. The molecule has 1 fully saturated rings. The number of imidazole rings is 1. The molecule has 2 aromatic rings. The van der Waals surface area contributed by atoms with Gasteiger partial charge in [0, 0.05) is 12.3 Å². The van der Waals surface area contributed by atoms with Gasteiger partial charge < -0.3 is 9.30 Å². The molecule has 132 valence electrons. The Hall–Kier alpha value is -1.77. The van der Waals surface area contributed by atoms with Crippen molar-refractivity contribution >= 4 is 11.8 Å². The minimum atomic E-state index is -0.146. The lowest BCUT2D eigenvalue weighted by Gasteiger charge is -2.16. The predicted octanol–water partition coefficient (Wildman–Crippen LogP) is 4.21. The van der Waals surface area contributed by atoms with Crippen molar-refractivity contribution in [2.45, 2.75) is 63.1 Å². The molecule has 1 aromatic carbocycles. The zero-order valence-electron chi connectivity index (χ0n) is 15.2. The Bertz CT molecular complexity index is 754. The van der Waals surface area contributed by atoms with Crippen LogP contribution in [0, 0.1) is 32.1 Å². The highest BCUT2D eigenvalue weighted by Crippen LogP contribution is 2.28. The second-order valence-electron chi connectivity index (χ2n) is 6.74. The van der Waals surface area contributed by atoms with Crippen LogP contribution in [0.5, 0.6) is 0 Å². The number of benzene rings is 1. The van der Waals surface area contributed by atoms with Gasteiger partial charge in [-0.1, -0.05) is 41.6 Å². The summed E-state index contributed by atoms with van der Waals surface area (Å²) in [5.41, 5.74) is 4.64. The summed E-state index contributed by atoms with van der Waals surface area (Å²) in [7, 11) is 0. The van der Waals surface area contributed by atoms with Crippen molar-refractivity contribution < 1.29 is 4.74 Å². The number of hydrogen-bond donors (Lipinski definition) is 0. The van der Waals surface area contributed by atoms with Crippen LogP contribution in [0.4, 0.5) is 0 Å². The fourth-order valence-corrected chi connectivity index (χ4v) is 4.21. The van der Waals surface area contributed by atoms with E-state index in [4.69, 9.17) is 9.72 Å². The third-order valence-electron chi connectivity index (χ3n) is 4.77. The van der Waals surface area contributed by atoms with Gasteiger partial charge in [-0.3, -0.25) is 0 Å². The first kappa shape index (κ1) is 18.0. The van der Waals surface area contributed by atoms with E-state index >= 15 is 0 Å². The van der Waals surface area contributed by atoms with Gasteiger partial charge in [-0.25, -0.2) is 4.98 Å². The number of nitriles is 1. The maximum absolute atomic E-state index is 9.62. The Morgan fingerprint density at radius 3 is 2.72 bits per heavy atom. The fourth-order valence-electron chi connectivity index (χ4n) is 3.10. The van der Waals surface area contributed by atoms with Gasteiger partial charge >= 0.3 is 0 Å². The zero-order valence-corrected chi connectivity index (χ0v) is 16.0. The Balaban J connectivity index is 1.74. The third kappa shape index (κ3) is 4.45. The summed E-state index contributed by atoms with van der Waals surface area (Å²) in [5, 5.41) is 10.4. The van der Waals surface area contributed by atoms with Crippen LogP contribution in [0.3, 0.4) is 0 Å². The summed E-state index contributed by atoms with van der Waals surface area (Å²) in [6, 6.07) is 10.9. The Kier molecular flexibility index (Phi) is 5.82. The van der Waals surface area contributed by atoms with Crippen LogP contribution in [0.15, 0.2) is 29.4 Å². The van der Waals surface area contributed by atoms with Crippen molar-refractivity contribution in [1.29, 1.82) is 5.26 Å². The van der Waals surface area contributed by atoms with Gasteiger partial charge in [0.05, 0.1) is 24.4 Å². The topological polar surface area (TPSA) is 50.8 Å². The lowest BCUT2D eigenvalue weighted by molar-refractivity contribution is 0.0944. The largest absolute Gasteiger partial charge is 0.376 e. The summed E-state index contributed by atoms with van der Waals surface area (Å²) in [6.45, 7) is 7.90. The molecule has 5 heteroatoms. The number of aromatic nitrogens is 2. The van der Waals surface area contributed by atoms with E-state index in [9.17, 15) is 5.26 Å². The molecule has 2 heterocycles. The van der Waals surface area contributed by atoms with Gasteiger partial charge in [-0.2, -0.15) is 5.26 Å². The third-order valence-corrected chi connectivity index (χ3v) is 5.85. The van der Waals surface area contributed by atoms with E-state index in [1.807, 2.05) is 6.92 Å². The van der Waals surface area contributed by atoms with E-state index in [1.165, 1.54) is 16.8 Å². The highest BCUT2D eigenvalue weighted by Gasteiger charge is 2.22. The summed E-state index contributed by atoms with van der Waals surface area (Å²) >= 11 is 1.57.